The number of hydrogen-bond donors (Lipinski definition) is 1. The molecule has 1 aliphatic carbocycles. The predicted octanol–water partition coefficient (Wildman–Crippen LogP) is 3.96. The van der Waals surface area contributed by atoms with E-state index in [4.69, 9.17) is 9.84 Å². The van der Waals surface area contributed by atoms with Crippen molar-refractivity contribution in [3.63, 3.8) is 0 Å². The van der Waals surface area contributed by atoms with Gasteiger partial charge in [0.2, 0.25) is 0 Å². The standard InChI is InChI=1S/C25H29N9O3/c1-25(2,15-26)33-13-16(10-29-33)23-20-12-27-22(32(4)24(35)36)9-21(20)34(30-23)17-5-7-18(8-6-17)37-19-11-28-31(3)14-19/h9-14,17-18H,5-8H2,1-4H3,(H,35,36). The number of amides is 1. The zero-order valence-electron chi connectivity index (χ0n) is 21.2. The Labute approximate surface area is 213 Å². The first kappa shape index (κ1) is 24.3. The van der Waals surface area contributed by atoms with Crippen molar-refractivity contribution < 1.29 is 14.6 Å². The molecule has 4 aromatic rings. The average molecular weight is 504 g/mol. The minimum atomic E-state index is -1.09. The number of fused-ring (bicyclic) bond motifs is 1. The van der Waals surface area contributed by atoms with E-state index in [1.54, 1.807) is 47.9 Å². The molecule has 192 valence electrons. The van der Waals surface area contributed by atoms with Gasteiger partial charge in [-0.3, -0.25) is 18.9 Å². The number of nitriles is 1. The van der Waals surface area contributed by atoms with E-state index >= 15 is 0 Å². The van der Waals surface area contributed by atoms with Crippen LogP contribution >= 0.6 is 0 Å². The molecule has 12 heteroatoms. The van der Waals surface area contributed by atoms with E-state index in [0.717, 1.165) is 52.8 Å². The van der Waals surface area contributed by atoms with Crippen LogP contribution in [-0.2, 0) is 12.6 Å². The largest absolute Gasteiger partial charge is 0.487 e. The van der Waals surface area contributed by atoms with E-state index in [1.165, 1.54) is 7.05 Å². The van der Waals surface area contributed by atoms with Crippen molar-refractivity contribution in [1.82, 2.24) is 34.3 Å². The zero-order chi connectivity index (χ0) is 26.3. The van der Waals surface area contributed by atoms with Crippen molar-refractivity contribution in [3.8, 4) is 23.1 Å². The lowest BCUT2D eigenvalue weighted by Crippen LogP contribution is -2.26. The summed E-state index contributed by atoms with van der Waals surface area (Å²) in [5.41, 5.74) is 1.46. The monoisotopic (exact) mass is 503 g/mol. The van der Waals surface area contributed by atoms with Gasteiger partial charge >= 0.3 is 6.09 Å². The Bertz CT molecular complexity index is 1480. The maximum atomic E-state index is 11.6. The molecular weight excluding hydrogens is 474 g/mol. The molecule has 1 aliphatic rings. The van der Waals surface area contributed by atoms with E-state index in [1.807, 2.05) is 24.1 Å². The van der Waals surface area contributed by atoms with Crippen molar-refractivity contribution in [2.45, 2.75) is 57.2 Å². The number of ether oxygens (including phenoxy) is 1. The number of carboxylic acid groups (broad SMARTS) is 1. The van der Waals surface area contributed by atoms with Crippen LogP contribution in [0.25, 0.3) is 22.2 Å². The van der Waals surface area contributed by atoms with Crippen LogP contribution in [-0.4, -0.2) is 58.7 Å². The van der Waals surface area contributed by atoms with E-state index in [-0.39, 0.29) is 12.1 Å². The van der Waals surface area contributed by atoms with Gasteiger partial charge < -0.3 is 9.84 Å². The highest BCUT2D eigenvalue weighted by Crippen LogP contribution is 2.37. The highest BCUT2D eigenvalue weighted by molar-refractivity contribution is 5.95. The third-order valence-electron chi connectivity index (χ3n) is 6.88. The molecule has 37 heavy (non-hydrogen) atoms. The fourth-order valence-electron chi connectivity index (χ4n) is 4.66. The first-order chi connectivity index (χ1) is 17.7. The van der Waals surface area contributed by atoms with Gasteiger partial charge in [-0.05, 0) is 39.5 Å². The first-order valence-corrected chi connectivity index (χ1v) is 12.1. The maximum Gasteiger partial charge on any atom is 0.412 e. The number of carbonyl (C=O) groups is 1. The Morgan fingerprint density at radius 1 is 1.19 bits per heavy atom. The third kappa shape index (κ3) is 4.60. The van der Waals surface area contributed by atoms with Crippen LogP contribution in [0.3, 0.4) is 0 Å². The molecule has 5 rings (SSSR count). The molecule has 1 N–H and O–H groups in total. The molecule has 0 unspecified atom stereocenters. The maximum absolute atomic E-state index is 11.6. The smallest absolute Gasteiger partial charge is 0.412 e. The zero-order valence-corrected chi connectivity index (χ0v) is 21.2. The van der Waals surface area contributed by atoms with Crippen LogP contribution < -0.4 is 9.64 Å². The normalized spacial score (nSPS) is 18.0. The lowest BCUT2D eigenvalue weighted by Gasteiger charge is -2.29. The molecule has 4 aromatic heterocycles. The second kappa shape index (κ2) is 9.24. The number of rotatable bonds is 6. The van der Waals surface area contributed by atoms with Crippen LogP contribution in [0.5, 0.6) is 5.75 Å². The van der Waals surface area contributed by atoms with Gasteiger partial charge in [-0.15, -0.1) is 0 Å². The second-order valence-electron chi connectivity index (χ2n) is 9.94. The fourth-order valence-corrected chi connectivity index (χ4v) is 4.66. The van der Waals surface area contributed by atoms with Gasteiger partial charge in [-0.25, -0.2) is 9.78 Å². The molecule has 1 amide bonds. The van der Waals surface area contributed by atoms with E-state index in [2.05, 4.69) is 21.3 Å². The van der Waals surface area contributed by atoms with Crippen LogP contribution in [0, 0.1) is 11.3 Å². The summed E-state index contributed by atoms with van der Waals surface area (Å²) in [7, 11) is 3.33. The molecule has 0 spiro atoms. The van der Waals surface area contributed by atoms with Gasteiger partial charge in [0.1, 0.15) is 17.1 Å². The highest BCUT2D eigenvalue weighted by atomic mass is 16.5. The van der Waals surface area contributed by atoms with Crippen molar-refractivity contribution in [2.75, 3.05) is 11.9 Å². The molecule has 0 saturated heterocycles. The van der Waals surface area contributed by atoms with Gasteiger partial charge in [0.15, 0.2) is 5.75 Å². The summed E-state index contributed by atoms with van der Waals surface area (Å²) in [5, 5.41) is 33.3. The Kier molecular flexibility index (Phi) is 6.07. The molecule has 0 bridgehead atoms. The van der Waals surface area contributed by atoms with Gasteiger partial charge in [-0.2, -0.15) is 20.6 Å². The van der Waals surface area contributed by atoms with Crippen molar-refractivity contribution in [3.05, 3.63) is 37.1 Å². The molecule has 0 radical (unpaired) electrons. The minimum absolute atomic E-state index is 0.101. The number of anilines is 1. The SMILES string of the molecule is CN(C(=O)O)c1cc2c(cn1)c(-c1cnn(C(C)(C)C#N)c1)nn2C1CCC(Oc2cnn(C)c2)CC1. The molecular formula is C25H29N9O3. The molecule has 0 atom stereocenters. The van der Waals surface area contributed by atoms with E-state index < -0.39 is 11.6 Å². The summed E-state index contributed by atoms with van der Waals surface area (Å²) in [6, 6.07) is 4.13. The predicted molar refractivity (Wildman–Crippen MR) is 135 cm³/mol. The number of hydrogen-bond acceptors (Lipinski definition) is 7. The van der Waals surface area contributed by atoms with Gasteiger partial charge in [0, 0.05) is 43.5 Å². The summed E-state index contributed by atoms with van der Waals surface area (Å²) >= 11 is 0. The number of aryl methyl sites for hydroxylation is 1. The Morgan fingerprint density at radius 3 is 2.59 bits per heavy atom. The van der Waals surface area contributed by atoms with Crippen LogP contribution in [0.1, 0.15) is 45.6 Å². The molecule has 12 nitrogen and oxygen atoms in total. The highest BCUT2D eigenvalue weighted by Gasteiger charge is 2.28. The van der Waals surface area contributed by atoms with Gasteiger partial charge in [-0.1, -0.05) is 0 Å². The minimum Gasteiger partial charge on any atom is -0.487 e. The van der Waals surface area contributed by atoms with E-state index in [0.29, 0.717) is 11.5 Å². The first-order valence-electron chi connectivity index (χ1n) is 12.1. The summed E-state index contributed by atoms with van der Waals surface area (Å²) in [6.07, 6.45) is 11.2. The fraction of sp³-hybridized carbons (Fsp3) is 0.440. The quantitative estimate of drug-likeness (QED) is 0.417. The van der Waals surface area contributed by atoms with Crippen molar-refractivity contribution >= 4 is 22.8 Å². The molecule has 0 aliphatic heterocycles. The molecule has 4 heterocycles. The summed E-state index contributed by atoms with van der Waals surface area (Å²) in [5.74, 6) is 1.09. The Morgan fingerprint density at radius 2 is 1.95 bits per heavy atom. The van der Waals surface area contributed by atoms with E-state index in [9.17, 15) is 15.2 Å². The lowest BCUT2D eigenvalue weighted by molar-refractivity contribution is 0.131. The Balaban J connectivity index is 1.49. The number of nitrogens with zero attached hydrogens (tertiary/aromatic N) is 9. The van der Waals surface area contributed by atoms with Crippen molar-refractivity contribution in [1.29, 1.82) is 5.26 Å². The number of pyridine rings is 1. The topological polar surface area (TPSA) is 140 Å². The molecule has 1 fully saturated rings. The summed E-state index contributed by atoms with van der Waals surface area (Å²) in [4.78, 5) is 17.0. The van der Waals surface area contributed by atoms with Crippen molar-refractivity contribution in [2.24, 2.45) is 7.05 Å². The summed E-state index contributed by atoms with van der Waals surface area (Å²) in [6.45, 7) is 3.59. The molecule has 1 saturated carbocycles. The van der Waals surface area contributed by atoms with Crippen LogP contribution in [0.4, 0.5) is 10.6 Å². The third-order valence-corrected chi connectivity index (χ3v) is 6.88. The van der Waals surface area contributed by atoms with Gasteiger partial charge in [0.25, 0.3) is 0 Å². The van der Waals surface area contributed by atoms with Crippen LogP contribution in [0.15, 0.2) is 37.1 Å². The molecule has 0 aromatic carbocycles. The summed E-state index contributed by atoms with van der Waals surface area (Å²) < 4.78 is 11.4. The van der Waals surface area contributed by atoms with Gasteiger partial charge in [0.05, 0.1) is 42.3 Å². The Hall–Kier alpha value is -4.40. The number of aromatic nitrogens is 7. The average Bonchev–Trinajstić information content (AvgIpc) is 3.62. The lowest BCUT2D eigenvalue weighted by atomic mass is 9.93. The van der Waals surface area contributed by atoms with Crippen LogP contribution in [0.2, 0.25) is 0 Å². The second-order valence-corrected chi connectivity index (χ2v) is 9.94.